The number of amides is 4. The number of imidazole rings is 2. The number of nitrogens with one attached hydrogen (secondary N) is 4. The van der Waals surface area contributed by atoms with Crippen LogP contribution in [0.15, 0.2) is 48.5 Å². The van der Waals surface area contributed by atoms with E-state index in [2.05, 4.69) is 30.1 Å². The molecule has 2 aliphatic heterocycles. The van der Waals surface area contributed by atoms with Crippen LogP contribution in [-0.2, 0) is 19.1 Å². The number of likely N-dealkylation sites (tertiary alicyclic amines) is 2. The van der Waals surface area contributed by atoms with Crippen molar-refractivity contribution in [1.82, 2.24) is 40.4 Å². The third-order valence-corrected chi connectivity index (χ3v) is 11.7. The molecule has 2 aromatic carbocycles. The van der Waals surface area contributed by atoms with E-state index >= 15 is 0 Å². The minimum Gasteiger partial charge on any atom is -0.453 e. The van der Waals surface area contributed by atoms with Gasteiger partial charge in [-0.3, -0.25) is 9.59 Å². The fourth-order valence-corrected chi connectivity index (χ4v) is 8.65. The lowest BCUT2D eigenvalue weighted by Crippen LogP contribution is -2.47. The minimum atomic E-state index is -0.738. The second-order valence-electron chi connectivity index (χ2n) is 14.6. The van der Waals surface area contributed by atoms with Crippen molar-refractivity contribution >= 4 is 47.2 Å². The van der Waals surface area contributed by atoms with E-state index in [-0.39, 0.29) is 36.0 Å². The quantitative estimate of drug-likeness (QED) is 0.154. The molecule has 2 saturated heterocycles. The number of benzene rings is 2. The van der Waals surface area contributed by atoms with E-state index in [1.807, 2.05) is 58.3 Å². The fourth-order valence-electron chi connectivity index (χ4n) is 8.15. The normalized spacial score (nSPS) is 24.6. The Morgan fingerprint density at radius 1 is 0.648 bits per heavy atom. The molecule has 4 aromatic rings. The van der Waals surface area contributed by atoms with Crippen molar-refractivity contribution in [3.8, 4) is 33.6 Å². The highest BCUT2D eigenvalue weighted by Crippen LogP contribution is 2.54. The number of ether oxygens (including phenoxy) is 2. The number of methoxy groups -OCH3 is 2. The second kappa shape index (κ2) is 14.0. The first kappa shape index (κ1) is 35.9. The first-order valence-corrected chi connectivity index (χ1v) is 18.8. The van der Waals surface area contributed by atoms with Crippen LogP contribution in [0.5, 0.6) is 0 Å². The summed E-state index contributed by atoms with van der Waals surface area (Å²) in [6.07, 6.45) is 2.12. The van der Waals surface area contributed by atoms with Crippen molar-refractivity contribution in [2.75, 3.05) is 14.2 Å². The third kappa shape index (κ3) is 6.55. The van der Waals surface area contributed by atoms with E-state index in [0.29, 0.717) is 45.2 Å². The van der Waals surface area contributed by atoms with Crippen molar-refractivity contribution in [3.63, 3.8) is 0 Å². The molecule has 8 atom stereocenters. The van der Waals surface area contributed by atoms with Crippen LogP contribution in [0, 0.1) is 11.8 Å². The summed E-state index contributed by atoms with van der Waals surface area (Å²) in [5, 5.41) is 5.93. The Morgan fingerprint density at radius 2 is 1.00 bits per heavy atom. The Hall–Kier alpha value is -5.08. The zero-order chi connectivity index (χ0) is 38.0. The van der Waals surface area contributed by atoms with Crippen LogP contribution in [-0.4, -0.2) is 92.1 Å². The summed E-state index contributed by atoms with van der Waals surface area (Å²) in [5.74, 6) is 1.68. The van der Waals surface area contributed by atoms with Gasteiger partial charge in [0.1, 0.15) is 45.4 Å². The Balaban J connectivity index is 0.953. The molecule has 4 heterocycles. The first-order chi connectivity index (χ1) is 25.9. The maximum Gasteiger partial charge on any atom is 0.407 e. The molecular formula is C38H40Cl2N8O6. The SMILES string of the molecule is COC(=O)N[C@@H](C)C(=O)N1[C@@H]2C[C@@H]2C[C@H]1c1nc(-c2ccc(-c3ccc(-c4nc([C@@H]5C[C@H]6C[C@H]6N5C(=O)[C@H](C)NC(=O)OC)[nH]c4Cl)cc3)cc2)c(Cl)[nH]1. The summed E-state index contributed by atoms with van der Waals surface area (Å²) in [5.41, 5.74) is 4.82. The van der Waals surface area contributed by atoms with Gasteiger partial charge in [0.15, 0.2) is 0 Å². The molecule has 282 valence electrons. The van der Waals surface area contributed by atoms with Crippen LogP contribution in [0.1, 0.15) is 63.3 Å². The van der Waals surface area contributed by atoms with Gasteiger partial charge in [-0.05, 0) is 62.5 Å². The Kier molecular flexibility index (Phi) is 9.29. The smallest absolute Gasteiger partial charge is 0.407 e. The van der Waals surface area contributed by atoms with Crippen LogP contribution in [0.4, 0.5) is 9.59 Å². The maximum absolute atomic E-state index is 13.4. The molecule has 0 bridgehead atoms. The topological polar surface area (TPSA) is 175 Å². The zero-order valence-electron chi connectivity index (χ0n) is 30.1. The van der Waals surface area contributed by atoms with Crippen LogP contribution in [0.25, 0.3) is 33.6 Å². The van der Waals surface area contributed by atoms with Crippen LogP contribution >= 0.6 is 23.2 Å². The number of H-pyrrole nitrogens is 2. The Labute approximate surface area is 321 Å². The molecule has 4 N–H and O–H groups in total. The standard InChI is InChI=1S/C38H40Cl2N8O6/c1-17(41-37(51)53-3)35(49)47-25-13-23(25)15-27(47)33-43-29(31(39)45-33)21-9-5-19(6-10-21)20-7-11-22(12-8-20)30-32(40)46-34(44-30)28-16-24-14-26(24)48(28)36(50)18(2)42-38(52)54-4/h5-12,17-18,23-28H,13-16H2,1-4H3,(H,41,51)(H,42,52)(H,43,45)(H,44,46)/t17-,18-,23+,24+,25+,26+,27-,28-/m0/s1. The van der Waals surface area contributed by atoms with Gasteiger partial charge in [0, 0.05) is 23.2 Å². The van der Waals surface area contributed by atoms with Gasteiger partial charge < -0.3 is 39.9 Å². The molecule has 14 nitrogen and oxygen atoms in total. The van der Waals surface area contributed by atoms with Crippen molar-refractivity contribution in [1.29, 1.82) is 0 Å². The van der Waals surface area contributed by atoms with Gasteiger partial charge in [-0.15, -0.1) is 0 Å². The Bertz CT molecular complexity index is 1970. The maximum atomic E-state index is 13.4. The molecule has 8 rings (SSSR count). The summed E-state index contributed by atoms with van der Waals surface area (Å²) < 4.78 is 9.35. The lowest BCUT2D eigenvalue weighted by atomic mass is 10.0. The summed E-state index contributed by atoms with van der Waals surface area (Å²) >= 11 is 13.4. The molecule has 0 radical (unpaired) electrons. The monoisotopic (exact) mass is 774 g/mol. The second-order valence-corrected chi connectivity index (χ2v) is 15.3. The van der Waals surface area contributed by atoms with E-state index in [0.717, 1.165) is 47.9 Å². The number of alkyl carbamates (subject to hydrolysis) is 2. The predicted octanol–water partition coefficient (Wildman–Crippen LogP) is 6.25. The third-order valence-electron chi connectivity index (χ3n) is 11.1. The molecule has 4 aliphatic rings. The van der Waals surface area contributed by atoms with Gasteiger partial charge in [-0.25, -0.2) is 19.6 Å². The minimum absolute atomic E-state index is 0.124. The van der Waals surface area contributed by atoms with Crippen molar-refractivity contribution in [3.05, 3.63) is 70.5 Å². The molecule has 54 heavy (non-hydrogen) atoms. The number of fused-ring (bicyclic) bond motifs is 2. The van der Waals surface area contributed by atoms with Gasteiger partial charge in [0.05, 0.1) is 26.3 Å². The van der Waals surface area contributed by atoms with E-state index < -0.39 is 24.3 Å². The van der Waals surface area contributed by atoms with Crippen molar-refractivity contribution in [2.45, 2.75) is 75.8 Å². The summed E-state index contributed by atoms with van der Waals surface area (Å²) in [7, 11) is 2.53. The van der Waals surface area contributed by atoms with Crippen molar-refractivity contribution in [2.24, 2.45) is 11.8 Å². The van der Waals surface area contributed by atoms with Gasteiger partial charge in [-0.2, -0.15) is 0 Å². The highest BCUT2D eigenvalue weighted by Gasteiger charge is 2.57. The molecule has 2 aromatic heterocycles. The number of nitrogens with zero attached hydrogens (tertiary/aromatic N) is 4. The highest BCUT2D eigenvalue weighted by molar-refractivity contribution is 6.32. The molecule has 0 spiro atoms. The van der Waals surface area contributed by atoms with E-state index in [1.165, 1.54) is 14.2 Å². The lowest BCUT2D eigenvalue weighted by Gasteiger charge is -2.29. The number of carbonyl (C=O) groups is 4. The van der Waals surface area contributed by atoms with Crippen molar-refractivity contribution < 1.29 is 28.7 Å². The number of piperidine rings is 2. The molecule has 0 unspecified atom stereocenters. The number of hydrogen-bond donors (Lipinski definition) is 4. The van der Waals surface area contributed by atoms with Gasteiger partial charge in [0.25, 0.3) is 0 Å². The number of aromatic nitrogens is 4. The van der Waals surface area contributed by atoms with Gasteiger partial charge in [-0.1, -0.05) is 71.7 Å². The molecule has 2 aliphatic carbocycles. The molecule has 4 amide bonds. The summed E-state index contributed by atoms with van der Waals surface area (Å²) in [6.45, 7) is 3.30. The molecule has 2 saturated carbocycles. The number of aromatic amines is 2. The predicted molar refractivity (Wildman–Crippen MR) is 199 cm³/mol. The summed E-state index contributed by atoms with van der Waals surface area (Å²) in [6, 6.07) is 14.1. The highest BCUT2D eigenvalue weighted by atomic mass is 35.5. The fraction of sp³-hybridized carbons (Fsp3) is 0.421. The van der Waals surface area contributed by atoms with Crippen LogP contribution in [0.2, 0.25) is 10.3 Å². The molecule has 4 fully saturated rings. The van der Waals surface area contributed by atoms with E-state index in [9.17, 15) is 19.2 Å². The average Bonchev–Trinajstić information content (AvgIpc) is 3.89. The van der Waals surface area contributed by atoms with Gasteiger partial charge >= 0.3 is 12.2 Å². The number of rotatable bonds is 9. The average molecular weight is 776 g/mol. The largest absolute Gasteiger partial charge is 0.453 e. The van der Waals surface area contributed by atoms with Crippen LogP contribution in [0.3, 0.4) is 0 Å². The Morgan fingerprint density at radius 3 is 1.35 bits per heavy atom. The van der Waals surface area contributed by atoms with E-state index in [1.54, 1.807) is 13.8 Å². The molecule has 16 heteroatoms. The lowest BCUT2D eigenvalue weighted by molar-refractivity contribution is -0.135. The number of carbonyl (C=O) groups excluding carboxylic acids is 4. The summed E-state index contributed by atoms with van der Waals surface area (Å²) in [4.78, 5) is 70.0. The number of hydrogen-bond acceptors (Lipinski definition) is 8. The number of halogens is 2. The van der Waals surface area contributed by atoms with E-state index in [4.69, 9.17) is 33.2 Å². The zero-order valence-corrected chi connectivity index (χ0v) is 31.6. The van der Waals surface area contributed by atoms with Crippen LogP contribution < -0.4 is 10.6 Å². The molecular weight excluding hydrogens is 735 g/mol. The first-order valence-electron chi connectivity index (χ1n) is 18.0. The van der Waals surface area contributed by atoms with Gasteiger partial charge in [0.2, 0.25) is 11.8 Å².